The number of rotatable bonds is 6. The number of ether oxygens (including phenoxy) is 2. The largest absolute Gasteiger partial charge is 0.497 e. The van der Waals surface area contributed by atoms with E-state index in [4.69, 9.17) is 21.1 Å². The first-order valence-corrected chi connectivity index (χ1v) is 11.1. The predicted octanol–water partition coefficient (Wildman–Crippen LogP) is 4.11. The number of β-lactam (4-membered cyclic amide) rings is 1. The molecule has 2 heterocycles. The maximum absolute atomic E-state index is 13.5. The van der Waals surface area contributed by atoms with Crippen LogP contribution in [0.2, 0.25) is 5.02 Å². The molecule has 2 atom stereocenters. The zero-order valence-electron chi connectivity index (χ0n) is 18.5. The molecule has 8 heteroatoms. The highest BCUT2D eigenvalue weighted by molar-refractivity contribution is 6.30. The van der Waals surface area contributed by atoms with Crippen LogP contribution in [0.15, 0.2) is 66.7 Å². The fraction of sp³-hybridized carbons (Fsp3) is 0.192. The molecule has 1 fully saturated rings. The summed E-state index contributed by atoms with van der Waals surface area (Å²) in [5.74, 6) is -0.0219. The average molecular weight is 477 g/mol. The fourth-order valence-corrected chi connectivity index (χ4v) is 4.73. The molecule has 5 rings (SSSR count). The lowest BCUT2D eigenvalue weighted by Crippen LogP contribution is -2.66. The van der Waals surface area contributed by atoms with Gasteiger partial charge in [-0.15, -0.1) is 0 Å². The Labute approximate surface area is 201 Å². The maximum Gasteiger partial charge on any atom is 0.262 e. The number of fused-ring (bicyclic) bond motifs is 1. The van der Waals surface area contributed by atoms with Crippen LogP contribution in [0, 0.1) is 0 Å². The van der Waals surface area contributed by atoms with Crippen molar-refractivity contribution in [1.29, 1.82) is 0 Å². The number of methoxy groups -OCH3 is 2. The fourth-order valence-electron chi connectivity index (χ4n) is 4.61. The molecule has 2 aliphatic heterocycles. The summed E-state index contributed by atoms with van der Waals surface area (Å²) in [4.78, 5) is 42.5. The zero-order valence-corrected chi connectivity index (χ0v) is 19.3. The van der Waals surface area contributed by atoms with Gasteiger partial charge in [-0.05, 0) is 42.0 Å². The Morgan fingerprint density at radius 3 is 2.06 bits per heavy atom. The van der Waals surface area contributed by atoms with Gasteiger partial charge in [0, 0.05) is 16.7 Å². The molecule has 7 nitrogen and oxygen atoms in total. The zero-order chi connectivity index (χ0) is 24.0. The first-order valence-electron chi connectivity index (χ1n) is 10.7. The highest BCUT2D eigenvalue weighted by Crippen LogP contribution is 2.43. The van der Waals surface area contributed by atoms with E-state index in [0.717, 1.165) is 16.0 Å². The van der Waals surface area contributed by atoms with Gasteiger partial charge in [0.05, 0.1) is 37.9 Å². The summed E-state index contributed by atoms with van der Waals surface area (Å²) < 4.78 is 10.8. The normalized spacial score (nSPS) is 19.2. The summed E-state index contributed by atoms with van der Waals surface area (Å²) in [6, 6.07) is 17.6. The highest BCUT2D eigenvalue weighted by Gasteiger charge is 2.56. The first-order chi connectivity index (χ1) is 16.4. The molecular formula is C26H21ClN2O5. The van der Waals surface area contributed by atoms with Crippen LogP contribution in [-0.4, -0.2) is 47.8 Å². The number of likely N-dealkylation sites (tertiary alicyclic amines) is 1. The third-order valence-corrected chi connectivity index (χ3v) is 6.57. The van der Waals surface area contributed by atoms with Gasteiger partial charge in [-0.3, -0.25) is 19.3 Å². The second-order valence-electron chi connectivity index (χ2n) is 8.11. The van der Waals surface area contributed by atoms with Gasteiger partial charge in [0.15, 0.2) is 0 Å². The molecule has 0 aliphatic carbocycles. The molecule has 0 saturated carbocycles. The van der Waals surface area contributed by atoms with Crippen molar-refractivity contribution in [2.24, 2.45) is 0 Å². The first kappa shape index (κ1) is 22.0. The molecular weight excluding hydrogens is 456 g/mol. The Morgan fingerprint density at radius 1 is 0.824 bits per heavy atom. The van der Waals surface area contributed by atoms with E-state index >= 15 is 0 Å². The Hall–Kier alpha value is -3.84. The number of hydrogen-bond acceptors (Lipinski definition) is 5. The number of hydrogen-bond donors (Lipinski definition) is 0. The van der Waals surface area contributed by atoms with E-state index in [1.165, 1.54) is 0 Å². The molecule has 0 N–H and O–H groups in total. The molecule has 3 amide bonds. The van der Waals surface area contributed by atoms with Crippen molar-refractivity contribution in [3.8, 4) is 11.5 Å². The van der Waals surface area contributed by atoms with Gasteiger partial charge in [-0.25, -0.2) is 0 Å². The number of carbonyl (C=O) groups is 3. The van der Waals surface area contributed by atoms with Gasteiger partial charge in [-0.1, -0.05) is 35.9 Å². The average Bonchev–Trinajstić information content (AvgIpc) is 3.11. The molecule has 3 aromatic carbocycles. The van der Waals surface area contributed by atoms with Crippen LogP contribution in [0.5, 0.6) is 11.5 Å². The molecule has 34 heavy (non-hydrogen) atoms. The van der Waals surface area contributed by atoms with Crippen LogP contribution >= 0.6 is 11.6 Å². The Bertz CT molecular complexity index is 1270. The lowest BCUT2D eigenvalue weighted by atomic mass is 9.86. The standard InChI is InChI=1S/C26H21ClN2O5/c1-33-18-12-9-16(21(13-18)34-2)14-28-22(15-7-10-17(27)11-8-15)23(26(28)32)29-24(30)19-5-3-4-6-20(19)25(29)31/h3-13,22-23H,14H2,1-2H3/t22-,23+/m0/s1. The topological polar surface area (TPSA) is 76.2 Å². The SMILES string of the molecule is COc1ccc(CN2C(=O)[C@H](N3C(=O)c4ccccc4C3=O)[C@@H]2c2ccc(Cl)cc2)c(OC)c1. The number of benzene rings is 3. The van der Waals surface area contributed by atoms with E-state index < -0.39 is 23.9 Å². The number of imide groups is 1. The molecule has 0 spiro atoms. The molecule has 0 unspecified atom stereocenters. The molecule has 2 aliphatic rings. The molecule has 1 saturated heterocycles. The Balaban J connectivity index is 1.52. The lowest BCUT2D eigenvalue weighted by Gasteiger charge is -2.50. The predicted molar refractivity (Wildman–Crippen MR) is 125 cm³/mol. The van der Waals surface area contributed by atoms with E-state index in [2.05, 4.69) is 0 Å². The van der Waals surface area contributed by atoms with Crippen LogP contribution < -0.4 is 9.47 Å². The molecule has 0 bridgehead atoms. The Morgan fingerprint density at radius 2 is 1.47 bits per heavy atom. The van der Waals surface area contributed by atoms with E-state index in [0.29, 0.717) is 27.6 Å². The van der Waals surface area contributed by atoms with Crippen molar-refractivity contribution in [2.75, 3.05) is 14.2 Å². The molecule has 3 aromatic rings. The molecule has 0 aromatic heterocycles. The van der Waals surface area contributed by atoms with Crippen molar-refractivity contribution >= 4 is 29.3 Å². The number of nitrogens with zero attached hydrogens (tertiary/aromatic N) is 2. The van der Waals surface area contributed by atoms with Crippen LogP contribution in [0.25, 0.3) is 0 Å². The van der Waals surface area contributed by atoms with Gasteiger partial charge in [0.25, 0.3) is 11.8 Å². The van der Waals surface area contributed by atoms with Gasteiger partial charge in [0.1, 0.15) is 17.5 Å². The van der Waals surface area contributed by atoms with Crippen LogP contribution in [0.1, 0.15) is 37.9 Å². The third-order valence-electron chi connectivity index (χ3n) is 6.32. The van der Waals surface area contributed by atoms with Crippen molar-refractivity contribution in [1.82, 2.24) is 9.80 Å². The summed E-state index contributed by atoms with van der Waals surface area (Å²) in [5.41, 5.74) is 2.17. The number of amides is 3. The maximum atomic E-state index is 13.5. The molecule has 172 valence electrons. The van der Waals surface area contributed by atoms with Gasteiger partial charge in [-0.2, -0.15) is 0 Å². The highest BCUT2D eigenvalue weighted by atomic mass is 35.5. The Kier molecular flexibility index (Phi) is 5.49. The van der Waals surface area contributed by atoms with E-state index in [1.807, 2.05) is 18.2 Å². The second kappa shape index (κ2) is 8.50. The minimum Gasteiger partial charge on any atom is -0.497 e. The summed E-state index contributed by atoms with van der Waals surface area (Å²) in [7, 11) is 3.12. The number of carbonyl (C=O) groups excluding carboxylic acids is 3. The minimum atomic E-state index is -0.946. The second-order valence-corrected chi connectivity index (χ2v) is 8.55. The van der Waals surface area contributed by atoms with Crippen LogP contribution in [0.4, 0.5) is 0 Å². The smallest absolute Gasteiger partial charge is 0.262 e. The van der Waals surface area contributed by atoms with Gasteiger partial charge < -0.3 is 14.4 Å². The summed E-state index contributed by atoms with van der Waals surface area (Å²) in [6.07, 6.45) is 0. The summed E-state index contributed by atoms with van der Waals surface area (Å²) in [6.45, 7) is 0.235. The lowest BCUT2D eigenvalue weighted by molar-refractivity contribution is -0.157. The van der Waals surface area contributed by atoms with Crippen molar-refractivity contribution in [3.05, 3.63) is 94.0 Å². The van der Waals surface area contributed by atoms with Crippen molar-refractivity contribution in [2.45, 2.75) is 18.6 Å². The van der Waals surface area contributed by atoms with Gasteiger partial charge >= 0.3 is 0 Å². The summed E-state index contributed by atoms with van der Waals surface area (Å²) in [5, 5.41) is 0.551. The van der Waals surface area contributed by atoms with Crippen molar-refractivity contribution in [3.63, 3.8) is 0 Å². The van der Waals surface area contributed by atoms with Gasteiger partial charge in [0.2, 0.25) is 5.91 Å². The van der Waals surface area contributed by atoms with E-state index in [1.54, 1.807) is 67.7 Å². The number of halogens is 1. The quantitative estimate of drug-likeness (QED) is 0.395. The molecule has 0 radical (unpaired) electrons. The van der Waals surface area contributed by atoms with Crippen LogP contribution in [0.3, 0.4) is 0 Å². The van der Waals surface area contributed by atoms with E-state index in [-0.39, 0.29) is 12.5 Å². The summed E-state index contributed by atoms with van der Waals surface area (Å²) >= 11 is 6.08. The van der Waals surface area contributed by atoms with Crippen LogP contribution in [-0.2, 0) is 11.3 Å². The third kappa shape index (κ3) is 3.40. The minimum absolute atomic E-state index is 0.235. The van der Waals surface area contributed by atoms with Crippen molar-refractivity contribution < 1.29 is 23.9 Å². The monoisotopic (exact) mass is 476 g/mol. The van der Waals surface area contributed by atoms with E-state index in [9.17, 15) is 14.4 Å².